The lowest BCUT2D eigenvalue weighted by Gasteiger charge is -2.25. The first-order valence-electron chi connectivity index (χ1n) is 8.06. The number of aryl methyl sites for hydroxylation is 1. The standard InChI is InChI=1S/C17H23N5O.2ClH/c1-12-16(22-9-4-3-6-14(18)10-22)20-11-21-17(12)23-15-7-5-8-19-13(15)2;;/h5,7-8,11,14H,3-4,6,9-10,18H2,1-2H3;2*1H. The molecule has 1 aliphatic heterocycles. The topological polar surface area (TPSA) is 77.2 Å². The fourth-order valence-corrected chi connectivity index (χ4v) is 2.90. The SMILES string of the molecule is Cc1ncccc1Oc1ncnc(N2CCCCC(N)C2)c1C.Cl.Cl. The lowest BCUT2D eigenvalue weighted by Crippen LogP contribution is -2.36. The van der Waals surface area contributed by atoms with Crippen LogP contribution in [-0.4, -0.2) is 34.1 Å². The van der Waals surface area contributed by atoms with Gasteiger partial charge in [-0.05, 0) is 38.8 Å². The Morgan fingerprint density at radius 2 is 1.96 bits per heavy atom. The van der Waals surface area contributed by atoms with Crippen molar-refractivity contribution in [1.82, 2.24) is 15.0 Å². The number of rotatable bonds is 3. The second-order valence-electron chi connectivity index (χ2n) is 6.02. The zero-order chi connectivity index (χ0) is 16.2. The number of pyridine rings is 1. The van der Waals surface area contributed by atoms with Gasteiger partial charge in [0.2, 0.25) is 5.88 Å². The Hall–Kier alpha value is -1.63. The predicted octanol–water partition coefficient (Wildman–Crippen LogP) is 3.44. The van der Waals surface area contributed by atoms with Crippen molar-refractivity contribution in [3.8, 4) is 11.6 Å². The molecule has 0 bridgehead atoms. The molecule has 0 saturated carbocycles. The van der Waals surface area contributed by atoms with Gasteiger partial charge in [-0.15, -0.1) is 24.8 Å². The molecule has 0 spiro atoms. The molecule has 138 valence electrons. The van der Waals surface area contributed by atoms with Crippen molar-refractivity contribution in [3.63, 3.8) is 0 Å². The fourth-order valence-electron chi connectivity index (χ4n) is 2.90. The van der Waals surface area contributed by atoms with Crippen molar-refractivity contribution in [2.75, 3.05) is 18.0 Å². The average molecular weight is 386 g/mol. The summed E-state index contributed by atoms with van der Waals surface area (Å²) in [5.41, 5.74) is 7.94. The molecule has 6 nitrogen and oxygen atoms in total. The normalized spacial score (nSPS) is 17.1. The molecule has 0 radical (unpaired) electrons. The first-order chi connectivity index (χ1) is 11.1. The summed E-state index contributed by atoms with van der Waals surface area (Å²) in [4.78, 5) is 15.3. The van der Waals surface area contributed by atoms with E-state index in [-0.39, 0.29) is 30.9 Å². The maximum atomic E-state index is 6.17. The summed E-state index contributed by atoms with van der Waals surface area (Å²) < 4.78 is 5.96. The van der Waals surface area contributed by atoms with Gasteiger partial charge in [-0.3, -0.25) is 4.98 Å². The van der Waals surface area contributed by atoms with Gasteiger partial charge in [0.25, 0.3) is 0 Å². The lowest BCUT2D eigenvalue weighted by atomic mass is 10.2. The van der Waals surface area contributed by atoms with Gasteiger partial charge in [-0.2, -0.15) is 0 Å². The zero-order valence-corrected chi connectivity index (χ0v) is 16.1. The second-order valence-corrected chi connectivity index (χ2v) is 6.02. The van der Waals surface area contributed by atoms with Gasteiger partial charge >= 0.3 is 0 Å². The van der Waals surface area contributed by atoms with Gasteiger partial charge in [0, 0.05) is 25.3 Å². The number of nitrogens with zero attached hydrogens (tertiary/aromatic N) is 4. The molecular formula is C17H25Cl2N5O. The molecule has 8 heteroatoms. The van der Waals surface area contributed by atoms with Gasteiger partial charge in [-0.1, -0.05) is 6.42 Å². The van der Waals surface area contributed by atoms with Gasteiger partial charge in [0.1, 0.15) is 12.1 Å². The van der Waals surface area contributed by atoms with E-state index in [1.54, 1.807) is 12.5 Å². The Morgan fingerprint density at radius 3 is 2.72 bits per heavy atom. The largest absolute Gasteiger partial charge is 0.437 e. The molecule has 1 unspecified atom stereocenters. The van der Waals surface area contributed by atoms with E-state index in [1.165, 1.54) is 6.42 Å². The molecule has 1 saturated heterocycles. The van der Waals surface area contributed by atoms with E-state index in [0.717, 1.165) is 43.0 Å². The van der Waals surface area contributed by atoms with Crippen LogP contribution in [-0.2, 0) is 0 Å². The summed E-state index contributed by atoms with van der Waals surface area (Å²) in [6.07, 6.45) is 6.67. The van der Waals surface area contributed by atoms with Crippen LogP contribution >= 0.6 is 24.8 Å². The van der Waals surface area contributed by atoms with Gasteiger partial charge < -0.3 is 15.4 Å². The van der Waals surface area contributed by atoms with Crippen molar-refractivity contribution in [3.05, 3.63) is 35.9 Å². The molecule has 1 atom stereocenters. The number of hydrogen-bond acceptors (Lipinski definition) is 6. The van der Waals surface area contributed by atoms with Crippen molar-refractivity contribution in [2.24, 2.45) is 5.73 Å². The number of ether oxygens (including phenoxy) is 1. The number of halogens is 2. The molecule has 1 fully saturated rings. The minimum Gasteiger partial charge on any atom is -0.437 e. The minimum atomic E-state index is 0. The molecule has 0 aromatic carbocycles. The first kappa shape index (κ1) is 21.4. The third-order valence-electron chi connectivity index (χ3n) is 4.18. The molecule has 0 aliphatic carbocycles. The smallest absolute Gasteiger partial charge is 0.227 e. The van der Waals surface area contributed by atoms with Crippen LogP contribution in [0.15, 0.2) is 24.7 Å². The third-order valence-corrected chi connectivity index (χ3v) is 4.18. The quantitative estimate of drug-likeness (QED) is 0.871. The lowest BCUT2D eigenvalue weighted by molar-refractivity contribution is 0.451. The van der Waals surface area contributed by atoms with Crippen LogP contribution in [0.3, 0.4) is 0 Å². The van der Waals surface area contributed by atoms with Gasteiger partial charge in [-0.25, -0.2) is 9.97 Å². The summed E-state index contributed by atoms with van der Waals surface area (Å²) in [6, 6.07) is 3.94. The average Bonchev–Trinajstić information content (AvgIpc) is 2.76. The fraction of sp³-hybridized carbons (Fsp3) is 0.471. The molecular weight excluding hydrogens is 361 g/mol. The highest BCUT2D eigenvalue weighted by atomic mass is 35.5. The molecule has 1 aliphatic rings. The van der Waals surface area contributed by atoms with Crippen LogP contribution < -0.4 is 15.4 Å². The Bertz CT molecular complexity index is 686. The number of hydrogen-bond donors (Lipinski definition) is 1. The highest BCUT2D eigenvalue weighted by Gasteiger charge is 2.20. The molecule has 2 N–H and O–H groups in total. The number of aromatic nitrogens is 3. The Kier molecular flexibility index (Phi) is 8.35. The van der Waals surface area contributed by atoms with Crippen LogP contribution in [0.5, 0.6) is 11.6 Å². The summed E-state index contributed by atoms with van der Waals surface area (Å²) in [5.74, 6) is 2.20. The molecule has 2 aromatic rings. The highest BCUT2D eigenvalue weighted by molar-refractivity contribution is 5.85. The van der Waals surface area contributed by atoms with Crippen LogP contribution in [0.2, 0.25) is 0 Å². The van der Waals surface area contributed by atoms with Crippen molar-refractivity contribution >= 4 is 30.6 Å². The summed E-state index contributed by atoms with van der Waals surface area (Å²) in [6.45, 7) is 5.70. The van der Waals surface area contributed by atoms with Crippen LogP contribution in [0.25, 0.3) is 0 Å². The van der Waals surface area contributed by atoms with E-state index in [0.29, 0.717) is 11.6 Å². The van der Waals surface area contributed by atoms with E-state index in [9.17, 15) is 0 Å². The van der Waals surface area contributed by atoms with E-state index in [2.05, 4.69) is 19.9 Å². The van der Waals surface area contributed by atoms with E-state index >= 15 is 0 Å². The maximum Gasteiger partial charge on any atom is 0.227 e. The second kappa shape index (κ2) is 9.75. The van der Waals surface area contributed by atoms with Crippen molar-refractivity contribution < 1.29 is 4.74 Å². The van der Waals surface area contributed by atoms with Crippen LogP contribution in [0.4, 0.5) is 5.82 Å². The van der Waals surface area contributed by atoms with E-state index in [4.69, 9.17) is 10.5 Å². The number of anilines is 1. The molecule has 25 heavy (non-hydrogen) atoms. The third kappa shape index (κ3) is 5.17. The predicted molar refractivity (Wildman–Crippen MR) is 104 cm³/mol. The summed E-state index contributed by atoms with van der Waals surface area (Å²) >= 11 is 0. The molecule has 3 heterocycles. The molecule has 2 aromatic heterocycles. The maximum absolute atomic E-state index is 6.17. The monoisotopic (exact) mass is 385 g/mol. The molecule has 3 rings (SSSR count). The van der Waals surface area contributed by atoms with E-state index in [1.807, 2.05) is 26.0 Å². The van der Waals surface area contributed by atoms with Crippen molar-refractivity contribution in [1.29, 1.82) is 0 Å². The zero-order valence-electron chi connectivity index (χ0n) is 14.5. The number of nitrogens with two attached hydrogens (primary N) is 1. The van der Waals surface area contributed by atoms with Gasteiger partial charge in [0.15, 0.2) is 5.75 Å². The Labute approximate surface area is 161 Å². The first-order valence-corrected chi connectivity index (χ1v) is 8.06. The summed E-state index contributed by atoms with van der Waals surface area (Å²) in [7, 11) is 0. The van der Waals surface area contributed by atoms with Crippen molar-refractivity contribution in [2.45, 2.75) is 39.2 Å². The van der Waals surface area contributed by atoms with E-state index < -0.39 is 0 Å². The van der Waals surface area contributed by atoms with Crippen LogP contribution in [0, 0.1) is 13.8 Å². The van der Waals surface area contributed by atoms with Gasteiger partial charge in [0.05, 0.1) is 11.3 Å². The molecule has 0 amide bonds. The minimum absolute atomic E-state index is 0. The Balaban J connectivity index is 0.00000156. The Morgan fingerprint density at radius 1 is 1.16 bits per heavy atom. The summed E-state index contributed by atoms with van der Waals surface area (Å²) in [5, 5.41) is 0. The van der Waals surface area contributed by atoms with Crippen LogP contribution in [0.1, 0.15) is 30.5 Å². The highest BCUT2D eigenvalue weighted by Crippen LogP contribution is 2.30.